The number of pyridine rings is 1. The Hall–Kier alpha value is -4.24. The second-order valence-corrected chi connectivity index (χ2v) is 9.04. The lowest BCUT2D eigenvalue weighted by molar-refractivity contribution is -0.132. The van der Waals surface area contributed by atoms with Crippen LogP contribution in [0.5, 0.6) is 0 Å². The number of aromatic nitrogens is 3. The van der Waals surface area contributed by atoms with E-state index in [0.29, 0.717) is 29.9 Å². The van der Waals surface area contributed by atoms with Crippen molar-refractivity contribution in [3.63, 3.8) is 0 Å². The molecule has 4 aromatic rings. The Bertz CT molecular complexity index is 1380. The second-order valence-electron chi connectivity index (χ2n) is 9.04. The van der Waals surface area contributed by atoms with Gasteiger partial charge in [-0.25, -0.2) is 4.98 Å². The van der Waals surface area contributed by atoms with Crippen LogP contribution in [-0.2, 0) is 11.2 Å². The van der Waals surface area contributed by atoms with Crippen LogP contribution >= 0.6 is 0 Å². The highest BCUT2D eigenvalue weighted by atomic mass is 16.2. The van der Waals surface area contributed by atoms with Gasteiger partial charge in [0.2, 0.25) is 5.91 Å². The van der Waals surface area contributed by atoms with E-state index in [9.17, 15) is 9.59 Å². The average molecular weight is 486 g/mol. The van der Waals surface area contributed by atoms with Crippen molar-refractivity contribution in [1.82, 2.24) is 25.0 Å². The topological polar surface area (TPSA) is 106 Å². The zero-order chi connectivity index (χ0) is 24.9. The number of anilines is 3. The SMILES string of the molecule is CN1CCN(C(=O)CCc2cccc(NC(=O)c3cccnc3Nc3ccc4cn[nH]c4c3)c2)CC1.[HH]. The summed E-state index contributed by atoms with van der Waals surface area (Å²) in [5.74, 6) is 0.374. The van der Waals surface area contributed by atoms with Crippen LogP contribution in [0.15, 0.2) is 67.0 Å². The number of hydrogen-bond donors (Lipinski definition) is 3. The molecule has 2 aromatic heterocycles. The maximum Gasteiger partial charge on any atom is 0.259 e. The van der Waals surface area contributed by atoms with Crippen molar-refractivity contribution in [2.75, 3.05) is 43.9 Å². The Kier molecular flexibility index (Phi) is 6.90. The van der Waals surface area contributed by atoms with Crippen molar-refractivity contribution in [3.05, 3.63) is 78.1 Å². The summed E-state index contributed by atoms with van der Waals surface area (Å²) in [6, 6.07) is 16.9. The number of nitrogens with one attached hydrogen (secondary N) is 3. The average Bonchev–Trinajstić information content (AvgIpc) is 3.36. The molecule has 1 fully saturated rings. The first-order chi connectivity index (χ1) is 17.5. The first-order valence-electron chi connectivity index (χ1n) is 12.1. The molecule has 5 rings (SSSR count). The molecule has 0 radical (unpaired) electrons. The lowest BCUT2D eigenvalue weighted by atomic mass is 10.1. The van der Waals surface area contributed by atoms with E-state index in [-0.39, 0.29) is 13.2 Å². The summed E-state index contributed by atoms with van der Waals surface area (Å²) in [7, 11) is 2.08. The summed E-state index contributed by atoms with van der Waals surface area (Å²) in [6.45, 7) is 3.39. The molecule has 0 spiro atoms. The Balaban J connectivity index is 0.00000320. The number of carbonyl (C=O) groups excluding carboxylic acids is 2. The third kappa shape index (κ3) is 5.52. The van der Waals surface area contributed by atoms with E-state index in [1.54, 1.807) is 24.5 Å². The summed E-state index contributed by atoms with van der Waals surface area (Å²) in [5, 5.41) is 14.2. The molecule has 1 aliphatic rings. The Morgan fingerprint density at radius 3 is 2.75 bits per heavy atom. The molecule has 0 bridgehead atoms. The van der Waals surface area contributed by atoms with Crippen LogP contribution in [0.4, 0.5) is 17.2 Å². The van der Waals surface area contributed by atoms with E-state index in [1.807, 2.05) is 47.4 Å². The Labute approximate surface area is 211 Å². The predicted molar refractivity (Wildman–Crippen MR) is 143 cm³/mol. The first-order valence-corrected chi connectivity index (χ1v) is 12.1. The number of piperazine rings is 1. The lowest BCUT2D eigenvalue weighted by Gasteiger charge is -2.32. The highest BCUT2D eigenvalue weighted by Crippen LogP contribution is 2.23. The van der Waals surface area contributed by atoms with Gasteiger partial charge < -0.3 is 20.4 Å². The van der Waals surface area contributed by atoms with E-state index in [1.165, 1.54) is 0 Å². The van der Waals surface area contributed by atoms with Gasteiger partial charge in [0.1, 0.15) is 5.82 Å². The van der Waals surface area contributed by atoms with Gasteiger partial charge in [-0.15, -0.1) is 0 Å². The van der Waals surface area contributed by atoms with Crippen molar-refractivity contribution in [3.8, 4) is 0 Å². The number of aromatic amines is 1. The maximum absolute atomic E-state index is 13.1. The molecule has 36 heavy (non-hydrogen) atoms. The van der Waals surface area contributed by atoms with E-state index in [4.69, 9.17) is 0 Å². The molecule has 3 N–H and O–H groups in total. The van der Waals surface area contributed by atoms with Gasteiger partial charge in [0.15, 0.2) is 0 Å². The normalized spacial score (nSPS) is 14.1. The van der Waals surface area contributed by atoms with Crippen molar-refractivity contribution in [1.29, 1.82) is 0 Å². The highest BCUT2D eigenvalue weighted by Gasteiger charge is 2.19. The molecule has 0 saturated carbocycles. The highest BCUT2D eigenvalue weighted by molar-refractivity contribution is 6.08. The number of likely N-dealkylation sites (N-methyl/N-ethyl adjacent to an activating group) is 1. The fraction of sp³-hybridized carbons (Fsp3) is 0.259. The van der Waals surface area contributed by atoms with Crippen molar-refractivity contribution < 1.29 is 11.0 Å². The van der Waals surface area contributed by atoms with Gasteiger partial charge in [0.25, 0.3) is 5.91 Å². The Morgan fingerprint density at radius 1 is 1.03 bits per heavy atom. The van der Waals surface area contributed by atoms with Crippen molar-refractivity contribution in [2.24, 2.45) is 0 Å². The molecule has 9 heteroatoms. The number of rotatable bonds is 7. The number of hydrogen-bond acceptors (Lipinski definition) is 6. The molecular formula is C27H31N7O2. The minimum absolute atomic E-state index is 0. The lowest BCUT2D eigenvalue weighted by Crippen LogP contribution is -2.47. The van der Waals surface area contributed by atoms with Crippen molar-refractivity contribution >= 4 is 39.9 Å². The van der Waals surface area contributed by atoms with E-state index >= 15 is 0 Å². The molecule has 2 aromatic carbocycles. The zero-order valence-corrected chi connectivity index (χ0v) is 20.2. The summed E-state index contributed by atoms with van der Waals surface area (Å²) in [4.78, 5) is 34.3. The third-order valence-corrected chi connectivity index (χ3v) is 6.43. The summed E-state index contributed by atoms with van der Waals surface area (Å²) < 4.78 is 0. The molecule has 0 atom stereocenters. The Morgan fingerprint density at radius 2 is 1.89 bits per heavy atom. The summed E-state index contributed by atoms with van der Waals surface area (Å²) >= 11 is 0. The number of nitrogens with zero attached hydrogens (tertiary/aromatic N) is 4. The standard InChI is InChI=1S/C27H29N7O2.H2/c1-33-12-14-34(15-13-33)25(35)10-7-19-4-2-5-21(16-19)31-27(36)23-6-3-11-28-26(23)30-22-9-8-20-18-29-32-24(20)17-22;/h2-6,8-9,11,16-18H,7,10,12-15H2,1H3,(H,28,30)(H,29,32)(H,31,36);1H. The molecule has 2 amide bonds. The number of carbonyl (C=O) groups is 2. The molecule has 0 aliphatic carbocycles. The fourth-order valence-electron chi connectivity index (χ4n) is 4.31. The quantitative estimate of drug-likeness (QED) is 0.367. The zero-order valence-electron chi connectivity index (χ0n) is 20.2. The minimum atomic E-state index is -0.265. The minimum Gasteiger partial charge on any atom is -0.340 e. The molecule has 0 unspecified atom stereocenters. The van der Waals surface area contributed by atoms with Crippen LogP contribution in [-0.4, -0.2) is 70.0 Å². The predicted octanol–water partition coefficient (Wildman–Crippen LogP) is 3.91. The second kappa shape index (κ2) is 10.6. The fourth-order valence-corrected chi connectivity index (χ4v) is 4.31. The van der Waals surface area contributed by atoms with Gasteiger partial charge >= 0.3 is 0 Å². The monoisotopic (exact) mass is 485 g/mol. The summed E-state index contributed by atoms with van der Waals surface area (Å²) in [5.41, 5.74) is 3.81. The van der Waals surface area contributed by atoms with Crippen LogP contribution in [0.25, 0.3) is 10.9 Å². The van der Waals surface area contributed by atoms with Gasteiger partial charge in [0, 0.05) is 57.0 Å². The van der Waals surface area contributed by atoms with Gasteiger partial charge in [0.05, 0.1) is 17.3 Å². The molecule has 1 saturated heterocycles. The van der Waals surface area contributed by atoms with Crippen molar-refractivity contribution in [2.45, 2.75) is 12.8 Å². The van der Waals surface area contributed by atoms with E-state index in [2.05, 4.69) is 37.8 Å². The van der Waals surface area contributed by atoms with Crippen LogP contribution in [0.2, 0.25) is 0 Å². The van der Waals surface area contributed by atoms with Crippen LogP contribution in [0.1, 0.15) is 23.8 Å². The smallest absolute Gasteiger partial charge is 0.259 e. The largest absolute Gasteiger partial charge is 0.340 e. The number of aryl methyl sites for hydroxylation is 1. The van der Waals surface area contributed by atoms with Gasteiger partial charge in [-0.1, -0.05) is 12.1 Å². The molecular weight excluding hydrogens is 454 g/mol. The number of H-pyrrole nitrogens is 1. The molecule has 3 heterocycles. The molecule has 1 aliphatic heterocycles. The van der Waals surface area contributed by atoms with E-state index < -0.39 is 0 Å². The molecule has 9 nitrogen and oxygen atoms in total. The van der Waals surface area contributed by atoms with Crippen LogP contribution < -0.4 is 10.6 Å². The maximum atomic E-state index is 13.1. The number of fused-ring (bicyclic) bond motifs is 1. The third-order valence-electron chi connectivity index (χ3n) is 6.43. The first kappa shape index (κ1) is 23.5. The van der Waals surface area contributed by atoms with Crippen LogP contribution in [0.3, 0.4) is 0 Å². The van der Waals surface area contributed by atoms with Gasteiger partial charge in [-0.05, 0) is 61.5 Å². The summed E-state index contributed by atoms with van der Waals surface area (Å²) in [6.07, 6.45) is 4.49. The van der Waals surface area contributed by atoms with Gasteiger partial charge in [-0.3, -0.25) is 14.7 Å². The molecule has 186 valence electrons. The number of benzene rings is 2. The number of amides is 2. The van der Waals surface area contributed by atoms with Gasteiger partial charge in [-0.2, -0.15) is 5.10 Å². The van der Waals surface area contributed by atoms with Crippen LogP contribution in [0, 0.1) is 0 Å². The van der Waals surface area contributed by atoms with E-state index in [0.717, 1.165) is 48.3 Å².